The molecule has 0 spiro atoms. The van der Waals surface area contributed by atoms with E-state index in [0.717, 1.165) is 17.0 Å². The van der Waals surface area contributed by atoms with Crippen LogP contribution in [0.3, 0.4) is 0 Å². The van der Waals surface area contributed by atoms with E-state index in [9.17, 15) is 9.59 Å². The predicted octanol–water partition coefficient (Wildman–Crippen LogP) is 3.57. The molecule has 3 aromatic rings. The van der Waals surface area contributed by atoms with Crippen LogP contribution in [0.2, 0.25) is 5.02 Å². The molecule has 8 heteroatoms. The summed E-state index contributed by atoms with van der Waals surface area (Å²) in [6.07, 6.45) is -0.0129. The fourth-order valence-electron chi connectivity index (χ4n) is 2.98. The highest BCUT2D eigenvalue weighted by atomic mass is 35.5. The Balaban J connectivity index is 1.91. The third-order valence-electron chi connectivity index (χ3n) is 4.38. The quantitative estimate of drug-likeness (QED) is 0.625. The molecule has 2 aromatic heterocycles. The van der Waals surface area contributed by atoms with Crippen molar-refractivity contribution in [3.05, 3.63) is 76.2 Å². The van der Waals surface area contributed by atoms with Gasteiger partial charge in [-0.1, -0.05) is 41.9 Å². The first-order valence-electron chi connectivity index (χ1n) is 9.02. The maximum atomic E-state index is 13.0. The minimum absolute atomic E-state index is 0.0129. The van der Waals surface area contributed by atoms with Gasteiger partial charge in [-0.25, -0.2) is 9.67 Å². The Morgan fingerprint density at radius 2 is 1.90 bits per heavy atom. The fraction of sp³-hybridized carbons (Fsp3) is 0.238. The van der Waals surface area contributed by atoms with E-state index in [0.29, 0.717) is 5.82 Å². The lowest BCUT2D eigenvalue weighted by Gasteiger charge is -2.18. The number of amides is 1. The number of carbonyl (C=O) groups excluding carboxylic acids is 2. The summed E-state index contributed by atoms with van der Waals surface area (Å²) in [6, 6.07) is 13.8. The predicted molar refractivity (Wildman–Crippen MR) is 109 cm³/mol. The van der Waals surface area contributed by atoms with Crippen molar-refractivity contribution in [2.75, 3.05) is 7.11 Å². The number of nitrogens with one attached hydrogen (secondary N) is 1. The third kappa shape index (κ3) is 4.81. The van der Waals surface area contributed by atoms with Crippen LogP contribution in [0, 0.1) is 13.8 Å². The minimum Gasteiger partial charge on any atom is -0.469 e. The molecule has 3 rings (SSSR count). The maximum absolute atomic E-state index is 13.0. The van der Waals surface area contributed by atoms with Crippen LogP contribution in [0.15, 0.2) is 48.5 Å². The zero-order valence-electron chi connectivity index (χ0n) is 16.3. The molecule has 7 nitrogen and oxygen atoms in total. The number of carbonyl (C=O) groups is 2. The average molecular weight is 413 g/mol. The second-order valence-corrected chi connectivity index (χ2v) is 6.96. The van der Waals surface area contributed by atoms with Crippen LogP contribution in [0.1, 0.15) is 39.9 Å². The lowest BCUT2D eigenvalue weighted by atomic mass is 10.0. The van der Waals surface area contributed by atoms with Crippen molar-refractivity contribution in [2.45, 2.75) is 26.3 Å². The number of aryl methyl sites for hydroxylation is 2. The van der Waals surface area contributed by atoms with E-state index >= 15 is 0 Å². The van der Waals surface area contributed by atoms with E-state index in [2.05, 4.69) is 15.4 Å². The Morgan fingerprint density at radius 3 is 2.52 bits per heavy atom. The van der Waals surface area contributed by atoms with E-state index in [4.69, 9.17) is 16.3 Å². The number of aromatic nitrogens is 3. The molecular weight excluding hydrogens is 392 g/mol. The maximum Gasteiger partial charge on any atom is 0.307 e. The Kier molecular flexibility index (Phi) is 6.29. The van der Waals surface area contributed by atoms with Gasteiger partial charge in [0.2, 0.25) is 0 Å². The highest BCUT2D eigenvalue weighted by Gasteiger charge is 2.22. The van der Waals surface area contributed by atoms with Crippen molar-refractivity contribution < 1.29 is 14.3 Å². The van der Waals surface area contributed by atoms with Gasteiger partial charge < -0.3 is 10.1 Å². The van der Waals surface area contributed by atoms with Crippen molar-refractivity contribution in [1.29, 1.82) is 0 Å². The number of hydrogen-bond donors (Lipinski definition) is 1. The smallest absolute Gasteiger partial charge is 0.307 e. The van der Waals surface area contributed by atoms with Gasteiger partial charge in [-0.15, -0.1) is 0 Å². The number of rotatable bonds is 6. The van der Waals surface area contributed by atoms with Crippen molar-refractivity contribution in [3.8, 4) is 5.82 Å². The van der Waals surface area contributed by atoms with Crippen LogP contribution in [0.4, 0.5) is 0 Å². The number of hydrogen-bond acceptors (Lipinski definition) is 5. The molecule has 0 saturated carbocycles. The molecule has 0 aliphatic rings. The van der Waals surface area contributed by atoms with Gasteiger partial charge in [0.1, 0.15) is 5.69 Å². The summed E-state index contributed by atoms with van der Waals surface area (Å²) in [5.41, 5.74) is 2.56. The van der Waals surface area contributed by atoms with Crippen LogP contribution < -0.4 is 5.32 Å². The molecule has 1 N–H and O–H groups in total. The van der Waals surface area contributed by atoms with E-state index < -0.39 is 17.9 Å². The monoisotopic (exact) mass is 412 g/mol. The molecular formula is C21H21ClN4O3. The molecule has 29 heavy (non-hydrogen) atoms. The molecule has 1 amide bonds. The number of pyridine rings is 1. The van der Waals surface area contributed by atoms with Gasteiger partial charge in [-0.3, -0.25) is 9.59 Å². The summed E-state index contributed by atoms with van der Waals surface area (Å²) < 4.78 is 6.41. The fourth-order valence-corrected chi connectivity index (χ4v) is 3.18. The van der Waals surface area contributed by atoms with Gasteiger partial charge in [-0.05, 0) is 37.6 Å². The number of halogens is 1. The van der Waals surface area contributed by atoms with Crippen molar-refractivity contribution in [1.82, 2.24) is 20.1 Å². The largest absolute Gasteiger partial charge is 0.469 e. The topological polar surface area (TPSA) is 86.1 Å². The number of nitrogens with zero attached hydrogens (tertiary/aromatic N) is 3. The van der Waals surface area contributed by atoms with Gasteiger partial charge >= 0.3 is 5.97 Å². The van der Waals surface area contributed by atoms with Crippen LogP contribution in [-0.2, 0) is 9.53 Å². The van der Waals surface area contributed by atoms with E-state index in [1.54, 1.807) is 16.8 Å². The Bertz CT molecular complexity index is 1030. The lowest BCUT2D eigenvalue weighted by molar-refractivity contribution is -0.141. The number of ether oxygens (including phenoxy) is 1. The summed E-state index contributed by atoms with van der Waals surface area (Å²) in [5, 5.41) is 7.43. The van der Waals surface area contributed by atoms with Crippen LogP contribution in [0.25, 0.3) is 5.82 Å². The Hall–Kier alpha value is -3.19. The highest BCUT2D eigenvalue weighted by Crippen LogP contribution is 2.21. The summed E-state index contributed by atoms with van der Waals surface area (Å²) in [7, 11) is 1.31. The number of methoxy groups -OCH3 is 1. The molecule has 2 heterocycles. The van der Waals surface area contributed by atoms with Gasteiger partial charge in [0, 0.05) is 5.69 Å². The van der Waals surface area contributed by atoms with Crippen molar-refractivity contribution in [2.24, 2.45) is 0 Å². The number of esters is 1. The molecule has 0 saturated heterocycles. The first-order valence-corrected chi connectivity index (χ1v) is 9.39. The molecule has 0 fully saturated rings. The first kappa shape index (κ1) is 20.5. The van der Waals surface area contributed by atoms with E-state index in [-0.39, 0.29) is 17.1 Å². The lowest BCUT2D eigenvalue weighted by Crippen LogP contribution is -2.31. The molecule has 1 atom stereocenters. The van der Waals surface area contributed by atoms with E-state index in [1.165, 1.54) is 7.11 Å². The first-order chi connectivity index (χ1) is 13.9. The normalized spacial score (nSPS) is 11.7. The molecule has 0 aliphatic heterocycles. The molecule has 1 unspecified atom stereocenters. The zero-order chi connectivity index (χ0) is 21.0. The van der Waals surface area contributed by atoms with Gasteiger partial charge in [0.25, 0.3) is 5.91 Å². The summed E-state index contributed by atoms with van der Waals surface area (Å²) in [6.45, 7) is 3.78. The van der Waals surface area contributed by atoms with Crippen molar-refractivity contribution in [3.63, 3.8) is 0 Å². The van der Waals surface area contributed by atoms with Gasteiger partial charge in [0.05, 0.1) is 30.3 Å². The SMILES string of the molecule is COC(=O)CC(NC(=O)c1nc(-n2nc(C)cc2C)ccc1Cl)c1ccccc1. The number of benzene rings is 1. The van der Waals surface area contributed by atoms with E-state index in [1.807, 2.05) is 50.2 Å². The standard InChI is InChI=1S/C21H21ClN4O3/c1-13-11-14(2)26(25-13)18-10-9-16(22)20(24-18)21(28)23-17(12-19(27)29-3)15-7-5-4-6-8-15/h4-11,17H,12H2,1-3H3,(H,23,28). The molecule has 150 valence electrons. The Labute approximate surface area is 173 Å². The molecule has 0 aliphatic carbocycles. The highest BCUT2D eigenvalue weighted by molar-refractivity contribution is 6.33. The summed E-state index contributed by atoms with van der Waals surface area (Å²) in [4.78, 5) is 29.2. The van der Waals surface area contributed by atoms with Gasteiger partial charge in [0.15, 0.2) is 5.82 Å². The van der Waals surface area contributed by atoms with Crippen LogP contribution in [0.5, 0.6) is 0 Å². The van der Waals surface area contributed by atoms with Crippen LogP contribution in [-0.4, -0.2) is 33.8 Å². The minimum atomic E-state index is -0.577. The zero-order valence-corrected chi connectivity index (χ0v) is 17.1. The Morgan fingerprint density at radius 1 is 1.17 bits per heavy atom. The molecule has 0 bridgehead atoms. The summed E-state index contributed by atoms with van der Waals surface area (Å²) >= 11 is 6.24. The third-order valence-corrected chi connectivity index (χ3v) is 4.68. The van der Waals surface area contributed by atoms with Crippen molar-refractivity contribution >= 4 is 23.5 Å². The summed E-state index contributed by atoms with van der Waals surface area (Å²) in [5.74, 6) is -0.444. The average Bonchev–Trinajstić information content (AvgIpc) is 3.06. The molecule has 0 radical (unpaired) electrons. The molecule has 1 aromatic carbocycles. The van der Waals surface area contributed by atoms with Gasteiger partial charge in [-0.2, -0.15) is 5.10 Å². The second kappa shape index (κ2) is 8.87. The van der Waals surface area contributed by atoms with Crippen LogP contribution >= 0.6 is 11.6 Å². The second-order valence-electron chi connectivity index (χ2n) is 6.56.